The van der Waals surface area contributed by atoms with E-state index < -0.39 is 10.0 Å². The van der Waals surface area contributed by atoms with Crippen molar-refractivity contribution in [1.82, 2.24) is 9.73 Å². The van der Waals surface area contributed by atoms with Gasteiger partial charge in [0.15, 0.2) is 0 Å². The van der Waals surface area contributed by atoms with Crippen molar-refractivity contribution in [1.29, 1.82) is 0 Å². The summed E-state index contributed by atoms with van der Waals surface area (Å²) < 4.78 is 27.3. The molecule has 1 aromatic rings. The predicted octanol–water partition coefficient (Wildman–Crippen LogP) is 3.79. The standard InChI is InChI=1S/C22H31N3O3S/c1-21(2)17-10-11-22(21,3)19(15-17)23-24-20(26)16-8-7-9-18(14-16)29(27,28)25-12-5-4-6-13-25/h7-9,14,17H,4-6,10-13,15H2,1-3H3,(H,24,26)/b23-19+/t17-,22-/m0/s1. The molecule has 2 saturated carbocycles. The summed E-state index contributed by atoms with van der Waals surface area (Å²) in [5, 5.41) is 4.49. The van der Waals surface area contributed by atoms with E-state index in [1.807, 2.05) is 0 Å². The number of benzene rings is 1. The van der Waals surface area contributed by atoms with Crippen LogP contribution in [0.2, 0.25) is 0 Å². The highest BCUT2D eigenvalue weighted by molar-refractivity contribution is 7.89. The molecule has 1 amide bonds. The van der Waals surface area contributed by atoms with Crippen molar-refractivity contribution in [3.63, 3.8) is 0 Å². The number of sulfonamides is 1. The number of amides is 1. The van der Waals surface area contributed by atoms with Crippen molar-refractivity contribution < 1.29 is 13.2 Å². The van der Waals surface area contributed by atoms with E-state index >= 15 is 0 Å². The van der Waals surface area contributed by atoms with Crippen LogP contribution in [0.15, 0.2) is 34.3 Å². The number of rotatable bonds is 4. The van der Waals surface area contributed by atoms with Crippen molar-refractivity contribution in [3.05, 3.63) is 29.8 Å². The molecule has 1 aromatic carbocycles. The Bertz CT molecular complexity index is 948. The Morgan fingerprint density at radius 2 is 1.90 bits per heavy atom. The van der Waals surface area contributed by atoms with Gasteiger partial charge in [0.1, 0.15) is 0 Å². The van der Waals surface area contributed by atoms with Gasteiger partial charge in [0.2, 0.25) is 10.0 Å². The first-order valence-electron chi connectivity index (χ1n) is 10.6. The Balaban J connectivity index is 1.51. The summed E-state index contributed by atoms with van der Waals surface area (Å²) in [7, 11) is -3.56. The maximum absolute atomic E-state index is 12.9. The largest absolute Gasteiger partial charge is 0.271 e. The number of fused-ring (bicyclic) bond motifs is 2. The summed E-state index contributed by atoms with van der Waals surface area (Å²) in [6, 6.07) is 6.29. The number of piperidine rings is 1. The maximum atomic E-state index is 12.9. The van der Waals surface area contributed by atoms with Gasteiger partial charge >= 0.3 is 0 Å². The van der Waals surface area contributed by atoms with Crippen LogP contribution in [-0.2, 0) is 10.0 Å². The van der Waals surface area contributed by atoms with Crippen LogP contribution in [-0.4, -0.2) is 37.4 Å². The molecule has 1 N–H and O–H groups in total. The lowest BCUT2D eigenvalue weighted by molar-refractivity contribution is 0.0953. The summed E-state index contributed by atoms with van der Waals surface area (Å²) in [5.41, 5.74) is 4.28. The zero-order valence-corrected chi connectivity index (χ0v) is 18.4. The summed E-state index contributed by atoms with van der Waals surface area (Å²) in [6.45, 7) is 7.93. The highest BCUT2D eigenvalue weighted by Crippen LogP contribution is 2.63. The average Bonchev–Trinajstić information content (AvgIpc) is 3.06. The quantitative estimate of drug-likeness (QED) is 0.757. The minimum Gasteiger partial charge on any atom is -0.267 e. The molecule has 1 heterocycles. The minimum absolute atomic E-state index is 0.0183. The zero-order chi connectivity index (χ0) is 20.9. The van der Waals surface area contributed by atoms with E-state index in [1.165, 1.54) is 16.8 Å². The van der Waals surface area contributed by atoms with E-state index in [2.05, 4.69) is 31.3 Å². The Hall–Kier alpha value is -1.73. The Labute approximate surface area is 173 Å². The maximum Gasteiger partial charge on any atom is 0.271 e. The fraction of sp³-hybridized carbons (Fsp3) is 0.636. The predicted molar refractivity (Wildman–Crippen MR) is 113 cm³/mol. The monoisotopic (exact) mass is 417 g/mol. The molecule has 7 heteroatoms. The number of carbonyl (C=O) groups is 1. The fourth-order valence-electron chi connectivity index (χ4n) is 5.33. The third kappa shape index (κ3) is 3.32. The van der Waals surface area contributed by atoms with Gasteiger partial charge < -0.3 is 0 Å². The van der Waals surface area contributed by atoms with E-state index in [9.17, 15) is 13.2 Å². The van der Waals surface area contributed by atoms with Gasteiger partial charge in [0.05, 0.1) is 4.90 Å². The van der Waals surface area contributed by atoms with E-state index in [0.29, 0.717) is 24.6 Å². The SMILES string of the molecule is CC1(C)[C@H]2CC[C@@]1(C)/C(=N/NC(=O)c1cccc(S(=O)(=O)N3CCCCC3)c1)C2. The van der Waals surface area contributed by atoms with Crippen LogP contribution < -0.4 is 5.43 Å². The molecule has 158 valence electrons. The smallest absolute Gasteiger partial charge is 0.267 e. The number of nitrogens with one attached hydrogen (secondary N) is 1. The van der Waals surface area contributed by atoms with E-state index in [0.717, 1.165) is 37.8 Å². The number of hydrogen-bond donors (Lipinski definition) is 1. The van der Waals surface area contributed by atoms with Crippen molar-refractivity contribution >= 4 is 21.6 Å². The van der Waals surface area contributed by atoms with Gasteiger partial charge in [-0.25, -0.2) is 13.8 Å². The first-order chi connectivity index (χ1) is 13.7. The van der Waals surface area contributed by atoms with Crippen LogP contribution in [0.5, 0.6) is 0 Å². The van der Waals surface area contributed by atoms with Crippen LogP contribution in [0.25, 0.3) is 0 Å². The van der Waals surface area contributed by atoms with Gasteiger partial charge in [-0.1, -0.05) is 33.3 Å². The van der Waals surface area contributed by atoms with Gasteiger partial charge in [-0.2, -0.15) is 9.41 Å². The van der Waals surface area contributed by atoms with Crippen LogP contribution in [0.3, 0.4) is 0 Å². The lowest BCUT2D eigenvalue weighted by atomic mass is 9.70. The molecule has 0 radical (unpaired) electrons. The van der Waals surface area contributed by atoms with Gasteiger partial charge in [-0.05, 0) is 61.6 Å². The average molecular weight is 418 g/mol. The Morgan fingerprint density at radius 1 is 1.17 bits per heavy atom. The van der Waals surface area contributed by atoms with Crippen LogP contribution in [0.4, 0.5) is 0 Å². The second-order valence-corrected chi connectivity index (χ2v) is 11.4. The molecule has 1 aliphatic heterocycles. The topological polar surface area (TPSA) is 78.8 Å². The van der Waals surface area contributed by atoms with Crippen molar-refractivity contribution in [2.75, 3.05) is 13.1 Å². The third-order valence-corrected chi connectivity index (χ3v) is 9.75. The molecular formula is C22H31N3O3S. The first-order valence-corrected chi connectivity index (χ1v) is 12.1. The molecule has 4 rings (SSSR count). The van der Waals surface area contributed by atoms with Crippen molar-refractivity contribution in [2.24, 2.45) is 21.8 Å². The molecule has 1 saturated heterocycles. The minimum atomic E-state index is -3.56. The third-order valence-electron chi connectivity index (χ3n) is 7.85. The summed E-state index contributed by atoms with van der Waals surface area (Å²) >= 11 is 0. The van der Waals surface area contributed by atoms with Crippen LogP contribution >= 0.6 is 0 Å². The van der Waals surface area contributed by atoms with Gasteiger partial charge in [0, 0.05) is 29.8 Å². The molecule has 2 aliphatic carbocycles. The highest BCUT2D eigenvalue weighted by atomic mass is 32.2. The van der Waals surface area contributed by atoms with Gasteiger partial charge in [-0.3, -0.25) is 4.79 Å². The van der Waals surface area contributed by atoms with E-state index in [4.69, 9.17) is 0 Å². The highest BCUT2D eigenvalue weighted by Gasteiger charge is 2.60. The van der Waals surface area contributed by atoms with Crippen molar-refractivity contribution in [2.45, 2.75) is 64.2 Å². The lowest BCUT2D eigenvalue weighted by Crippen LogP contribution is -2.35. The molecule has 2 bridgehead atoms. The molecule has 3 fully saturated rings. The molecule has 29 heavy (non-hydrogen) atoms. The Kier molecular flexibility index (Phi) is 5.10. The second kappa shape index (κ2) is 7.20. The number of nitrogens with zero attached hydrogens (tertiary/aromatic N) is 2. The van der Waals surface area contributed by atoms with Crippen LogP contribution in [0, 0.1) is 16.7 Å². The summed E-state index contributed by atoms with van der Waals surface area (Å²) in [4.78, 5) is 12.9. The number of hydrazone groups is 1. The van der Waals surface area contributed by atoms with Gasteiger partial charge in [-0.15, -0.1) is 0 Å². The molecule has 0 aromatic heterocycles. The van der Waals surface area contributed by atoms with Crippen molar-refractivity contribution in [3.8, 4) is 0 Å². The number of carbonyl (C=O) groups excluding carboxylic acids is 1. The molecule has 0 unspecified atom stereocenters. The Morgan fingerprint density at radius 3 is 2.52 bits per heavy atom. The summed E-state index contributed by atoms with van der Waals surface area (Å²) in [5.74, 6) is 0.249. The molecular weight excluding hydrogens is 386 g/mol. The number of hydrogen-bond acceptors (Lipinski definition) is 4. The van der Waals surface area contributed by atoms with Crippen LogP contribution in [0.1, 0.15) is 69.7 Å². The lowest BCUT2D eigenvalue weighted by Gasteiger charge is -2.34. The summed E-state index contributed by atoms with van der Waals surface area (Å²) in [6.07, 6.45) is 6.06. The first kappa shape index (κ1) is 20.5. The zero-order valence-electron chi connectivity index (χ0n) is 17.6. The molecule has 6 nitrogen and oxygen atoms in total. The normalized spacial score (nSPS) is 30.6. The second-order valence-electron chi connectivity index (χ2n) is 9.49. The van der Waals surface area contributed by atoms with E-state index in [1.54, 1.807) is 18.2 Å². The molecule has 0 spiro atoms. The molecule has 2 atom stereocenters. The molecule has 3 aliphatic rings. The van der Waals surface area contributed by atoms with E-state index in [-0.39, 0.29) is 21.6 Å². The fourth-order valence-corrected chi connectivity index (χ4v) is 6.90. The van der Waals surface area contributed by atoms with Gasteiger partial charge in [0.25, 0.3) is 5.91 Å².